The Labute approximate surface area is 687 Å². The number of rotatable bonds is 13. The lowest BCUT2D eigenvalue weighted by atomic mass is 9.67. The van der Waals surface area contributed by atoms with E-state index < -0.39 is 10.8 Å². The van der Waals surface area contributed by atoms with Crippen LogP contribution >= 0.6 is 11.3 Å². The van der Waals surface area contributed by atoms with E-state index in [9.17, 15) is 0 Å². The minimum absolute atomic E-state index is 0.219. The van der Waals surface area contributed by atoms with Crippen LogP contribution in [0, 0.1) is 0 Å². The van der Waals surface area contributed by atoms with Crippen LogP contribution in [0.4, 0.5) is 34.1 Å². The van der Waals surface area contributed by atoms with Crippen molar-refractivity contribution in [3.05, 3.63) is 479 Å². The van der Waals surface area contributed by atoms with Crippen molar-refractivity contribution in [1.29, 1.82) is 0 Å². The van der Waals surface area contributed by atoms with Gasteiger partial charge in [-0.25, -0.2) is 0 Å². The molecule has 4 aliphatic rings. The monoisotopic (exact) mass is 1510 g/mol. The number of fused-ring (bicyclic) bond motifs is 16. The first kappa shape index (κ1) is 68.6. The Hall–Kier alpha value is -14.0. The summed E-state index contributed by atoms with van der Waals surface area (Å²) in [5.41, 5.74) is 37.4. The van der Waals surface area contributed by atoms with E-state index in [-0.39, 0.29) is 10.8 Å². The summed E-state index contributed by atoms with van der Waals surface area (Å²) in [4.78, 5) is 5.16. The fraction of sp³-hybridized carbons (Fsp3) is 0.0702. The Balaban J connectivity index is 0.725. The third-order valence-corrected chi connectivity index (χ3v) is 27.8. The Kier molecular flexibility index (Phi) is 15.4. The summed E-state index contributed by atoms with van der Waals surface area (Å²) in [5.74, 6) is 0. The molecule has 552 valence electrons. The SMILES string of the molecule is CC1(C)c2ccccc2-c2cccc(-c3cccc(N(c4ccc5c(c4)C(c4ccccc4)(c4ccccc4)c4ccccc4-5)c4ccc(-c5cccc(C6(c7ccccc7)c7ccccc7-c7ccc(N(c8ccccc8-c8cccc9c8C(C)(C)c8ccccc8-9)c8cccc9c8sc8ccccc89)cc76)c5)c5ccccc45)c3)c21. The topological polar surface area (TPSA) is 6.48 Å². The van der Waals surface area contributed by atoms with Gasteiger partial charge in [-0.1, -0.05) is 373 Å². The normalized spacial score (nSPS) is 15.1. The summed E-state index contributed by atoms with van der Waals surface area (Å²) in [7, 11) is 0. The Morgan fingerprint density at radius 3 is 1.18 bits per heavy atom. The lowest BCUT2D eigenvalue weighted by Crippen LogP contribution is -2.29. The van der Waals surface area contributed by atoms with Crippen LogP contribution in [-0.4, -0.2) is 0 Å². The molecular weight excluding hydrogens is 1430 g/mol. The van der Waals surface area contributed by atoms with Crippen molar-refractivity contribution >= 4 is 76.4 Å². The zero-order valence-corrected chi connectivity index (χ0v) is 66.4. The second kappa shape index (κ2) is 26.3. The number of hydrogen-bond donors (Lipinski definition) is 0. The number of thiophene rings is 1. The van der Waals surface area contributed by atoms with Gasteiger partial charge in [-0.05, 0) is 211 Å². The van der Waals surface area contributed by atoms with Gasteiger partial charge in [0.15, 0.2) is 0 Å². The van der Waals surface area contributed by atoms with Gasteiger partial charge in [0.05, 0.1) is 32.6 Å². The third kappa shape index (κ3) is 9.97. The van der Waals surface area contributed by atoms with E-state index in [1.807, 2.05) is 11.3 Å². The Morgan fingerprint density at radius 1 is 0.205 bits per heavy atom. The highest BCUT2D eigenvalue weighted by atomic mass is 32.1. The van der Waals surface area contributed by atoms with Crippen LogP contribution in [-0.2, 0) is 21.7 Å². The van der Waals surface area contributed by atoms with Crippen molar-refractivity contribution in [3.63, 3.8) is 0 Å². The van der Waals surface area contributed by atoms with Crippen LogP contribution in [0.2, 0.25) is 0 Å². The van der Waals surface area contributed by atoms with Gasteiger partial charge in [0.2, 0.25) is 0 Å². The lowest BCUT2D eigenvalue weighted by Gasteiger charge is -2.35. The largest absolute Gasteiger partial charge is 0.310 e. The van der Waals surface area contributed by atoms with Crippen molar-refractivity contribution in [2.45, 2.75) is 49.4 Å². The van der Waals surface area contributed by atoms with E-state index in [0.717, 1.165) is 56.0 Å². The molecule has 19 aromatic rings. The van der Waals surface area contributed by atoms with Gasteiger partial charge in [-0.3, -0.25) is 0 Å². The zero-order chi connectivity index (χ0) is 77.9. The molecule has 4 aliphatic carbocycles. The number of para-hydroxylation sites is 1. The van der Waals surface area contributed by atoms with E-state index in [1.165, 1.54) is 154 Å². The quantitative estimate of drug-likeness (QED) is 0.114. The molecule has 3 heteroatoms. The fourth-order valence-electron chi connectivity index (χ4n) is 21.7. The minimum Gasteiger partial charge on any atom is -0.310 e. The maximum Gasteiger partial charge on any atom is 0.0714 e. The molecule has 2 nitrogen and oxygen atoms in total. The van der Waals surface area contributed by atoms with Gasteiger partial charge < -0.3 is 9.80 Å². The van der Waals surface area contributed by atoms with Gasteiger partial charge in [-0.2, -0.15) is 0 Å². The maximum atomic E-state index is 2.60. The molecule has 23 rings (SSSR count). The molecule has 18 aromatic carbocycles. The summed E-state index contributed by atoms with van der Waals surface area (Å²) in [6.45, 7) is 9.62. The van der Waals surface area contributed by atoms with Crippen molar-refractivity contribution < 1.29 is 0 Å². The van der Waals surface area contributed by atoms with Gasteiger partial charge >= 0.3 is 0 Å². The first-order chi connectivity index (χ1) is 57.6. The molecule has 1 unspecified atom stereocenters. The molecule has 0 saturated heterocycles. The molecule has 0 spiro atoms. The molecular formula is C114H80N2S. The highest BCUT2D eigenvalue weighted by molar-refractivity contribution is 7.26. The molecule has 1 aromatic heterocycles. The van der Waals surface area contributed by atoms with Crippen molar-refractivity contribution in [2.24, 2.45) is 0 Å². The van der Waals surface area contributed by atoms with Crippen molar-refractivity contribution in [1.82, 2.24) is 0 Å². The molecule has 0 radical (unpaired) electrons. The molecule has 0 N–H and O–H groups in total. The summed E-state index contributed by atoms with van der Waals surface area (Å²) in [5, 5.41) is 4.83. The van der Waals surface area contributed by atoms with Gasteiger partial charge in [0.1, 0.15) is 0 Å². The summed E-state index contributed by atoms with van der Waals surface area (Å²) in [6, 6.07) is 157. The molecule has 0 amide bonds. The first-order valence-electron chi connectivity index (χ1n) is 41.0. The van der Waals surface area contributed by atoms with E-state index >= 15 is 0 Å². The van der Waals surface area contributed by atoms with Gasteiger partial charge in [0.25, 0.3) is 0 Å². The average molecular weight is 1510 g/mol. The Morgan fingerprint density at radius 2 is 0.581 bits per heavy atom. The average Bonchev–Trinajstić information content (AvgIpc) is 1.55. The first-order valence-corrected chi connectivity index (χ1v) is 41.9. The van der Waals surface area contributed by atoms with Crippen molar-refractivity contribution in [3.8, 4) is 77.9 Å². The molecule has 0 bridgehead atoms. The maximum absolute atomic E-state index is 2.60. The van der Waals surface area contributed by atoms with E-state index in [2.05, 4.69) is 450 Å². The molecule has 117 heavy (non-hydrogen) atoms. The predicted octanol–water partition coefficient (Wildman–Crippen LogP) is 30.5. The molecule has 1 heterocycles. The minimum atomic E-state index is -0.777. The smallest absolute Gasteiger partial charge is 0.0714 e. The number of benzene rings is 18. The van der Waals surface area contributed by atoms with Gasteiger partial charge in [-0.15, -0.1) is 11.3 Å². The molecule has 0 aliphatic heterocycles. The highest BCUT2D eigenvalue weighted by Crippen LogP contribution is 2.63. The summed E-state index contributed by atoms with van der Waals surface area (Å²) >= 11 is 1.88. The van der Waals surface area contributed by atoms with Crippen LogP contribution in [0.15, 0.2) is 413 Å². The standard InChI is InChI=1S/C114H80N2S/c1-111(2)98-56-22-16-46-87(98)94-52-30-51-83(108(94)111)74-34-29-42-79(70-74)115(80-63-65-89-85-44-18-24-58-100(85)113(102(89)71-80,75-35-8-5-9-36-75)76-37-10-6-11-38-76)105-68-67-82(84-43-14-15-48-91(84)105)73-33-28-41-78(69-73)114(77-39-12-7-13-40-77)101-59-25-19-45-86(101)90-66-64-81(72-103(90)114)116(106-61-32-55-97-93-50-21-27-62-107(93)117-110(97)106)104-60-26-20-49-92(104)96-54-31-53-95-88-47-17-23-57-99(88)112(3,4)109(95)96/h5-72H,1-4H3. The lowest BCUT2D eigenvalue weighted by molar-refractivity contribution is 0.662. The van der Waals surface area contributed by atoms with E-state index in [4.69, 9.17) is 0 Å². The predicted molar refractivity (Wildman–Crippen MR) is 492 cm³/mol. The second-order valence-electron chi connectivity index (χ2n) is 33.2. The Bertz CT molecular complexity index is 7250. The number of nitrogens with zero attached hydrogens (tertiary/aromatic N) is 2. The summed E-state index contributed by atoms with van der Waals surface area (Å²) in [6.07, 6.45) is 0. The van der Waals surface area contributed by atoms with Crippen LogP contribution in [0.1, 0.15) is 94.5 Å². The molecule has 0 fully saturated rings. The molecule has 1 atom stereocenters. The van der Waals surface area contributed by atoms with E-state index in [0.29, 0.717) is 0 Å². The van der Waals surface area contributed by atoms with Crippen LogP contribution in [0.5, 0.6) is 0 Å². The molecule has 0 saturated carbocycles. The number of anilines is 6. The zero-order valence-electron chi connectivity index (χ0n) is 65.6. The fourth-order valence-corrected chi connectivity index (χ4v) is 22.9. The van der Waals surface area contributed by atoms with Crippen molar-refractivity contribution in [2.75, 3.05) is 9.80 Å². The van der Waals surface area contributed by atoms with Gasteiger partial charge in [0, 0.05) is 54.3 Å². The number of hydrogen-bond acceptors (Lipinski definition) is 3. The second-order valence-corrected chi connectivity index (χ2v) is 34.2. The summed E-state index contributed by atoms with van der Waals surface area (Å²) < 4.78 is 2.52. The van der Waals surface area contributed by atoms with Crippen LogP contribution in [0.25, 0.3) is 109 Å². The van der Waals surface area contributed by atoms with Crippen LogP contribution in [0.3, 0.4) is 0 Å². The third-order valence-electron chi connectivity index (χ3n) is 26.6. The highest BCUT2D eigenvalue weighted by Gasteiger charge is 2.49. The van der Waals surface area contributed by atoms with Crippen LogP contribution < -0.4 is 9.80 Å². The van der Waals surface area contributed by atoms with E-state index in [1.54, 1.807) is 0 Å².